The van der Waals surface area contributed by atoms with Crippen LogP contribution >= 0.6 is 0 Å². The predicted octanol–water partition coefficient (Wildman–Crippen LogP) is 1.63. The van der Waals surface area contributed by atoms with Gasteiger partial charge in [-0.25, -0.2) is 9.07 Å². The summed E-state index contributed by atoms with van der Waals surface area (Å²) in [6.07, 6.45) is 1.66. The summed E-state index contributed by atoms with van der Waals surface area (Å²) in [5.74, 6) is -1.37. The molecule has 0 saturated heterocycles. The van der Waals surface area contributed by atoms with E-state index in [9.17, 15) is 19.1 Å². The second kappa shape index (κ2) is 8.59. The number of hydrogen-bond donors (Lipinski definition) is 4. The molecule has 3 rings (SSSR count). The van der Waals surface area contributed by atoms with E-state index in [2.05, 4.69) is 16.1 Å². The van der Waals surface area contributed by atoms with Gasteiger partial charge in [0.15, 0.2) is 5.69 Å². The van der Waals surface area contributed by atoms with Crippen LogP contribution in [0.4, 0.5) is 10.1 Å². The molecular formula is C18H18FN5O3. The summed E-state index contributed by atoms with van der Waals surface area (Å²) < 4.78 is 15.6. The molecule has 0 unspecified atom stereocenters. The predicted molar refractivity (Wildman–Crippen MR) is 98.9 cm³/mol. The van der Waals surface area contributed by atoms with Crippen LogP contribution in [0.1, 0.15) is 10.5 Å². The molecule has 27 heavy (non-hydrogen) atoms. The molecule has 0 aliphatic carbocycles. The van der Waals surface area contributed by atoms with Crippen molar-refractivity contribution in [3.8, 4) is 22.6 Å². The molecule has 3 aromatic rings. The van der Waals surface area contributed by atoms with Gasteiger partial charge in [-0.3, -0.25) is 9.59 Å². The monoisotopic (exact) mass is 371 g/mol. The third-order valence-electron chi connectivity index (χ3n) is 3.54. The molecule has 8 nitrogen and oxygen atoms in total. The van der Waals surface area contributed by atoms with E-state index in [0.29, 0.717) is 17.5 Å². The van der Waals surface area contributed by atoms with Crippen molar-refractivity contribution >= 4 is 18.0 Å². The lowest BCUT2D eigenvalue weighted by atomic mass is 10.0. The van der Waals surface area contributed by atoms with Gasteiger partial charge in [0.05, 0.1) is 11.9 Å². The molecule has 0 fully saturated rings. The zero-order chi connectivity index (χ0) is 20.0. The lowest BCUT2D eigenvalue weighted by Gasteiger charge is -2.07. The van der Waals surface area contributed by atoms with Crippen molar-refractivity contribution in [3.05, 3.63) is 60.2 Å². The van der Waals surface area contributed by atoms with E-state index in [1.54, 1.807) is 18.2 Å². The molecule has 0 bridgehead atoms. The van der Waals surface area contributed by atoms with Gasteiger partial charge in [-0.05, 0) is 42.4 Å². The summed E-state index contributed by atoms with van der Waals surface area (Å²) in [6, 6.07) is 10.8. The van der Waals surface area contributed by atoms with E-state index >= 15 is 0 Å². The van der Waals surface area contributed by atoms with E-state index in [1.165, 1.54) is 37.5 Å². The summed E-state index contributed by atoms with van der Waals surface area (Å²) >= 11 is 0. The van der Waals surface area contributed by atoms with Crippen molar-refractivity contribution < 1.29 is 19.1 Å². The van der Waals surface area contributed by atoms with E-state index in [4.69, 9.17) is 5.73 Å². The number of amides is 2. The molecule has 0 radical (unpaired) electrons. The van der Waals surface area contributed by atoms with E-state index in [-0.39, 0.29) is 22.8 Å². The van der Waals surface area contributed by atoms with Gasteiger partial charge in [0.25, 0.3) is 5.91 Å². The number of nitrogens with two attached hydrogens (primary N) is 2. The normalized spacial score (nSPS) is 9.89. The van der Waals surface area contributed by atoms with Gasteiger partial charge in [0.2, 0.25) is 6.41 Å². The molecule has 2 amide bonds. The fourth-order valence-corrected chi connectivity index (χ4v) is 2.41. The third-order valence-corrected chi connectivity index (χ3v) is 3.54. The zero-order valence-electron chi connectivity index (χ0n) is 14.4. The third kappa shape index (κ3) is 4.28. The van der Waals surface area contributed by atoms with E-state index in [0.717, 1.165) is 4.68 Å². The SMILES string of the molecule is CN.NC(=O)c1nn(-c2ccc(-c3cccc(O)c3)cc2F)cc1NC=O. The van der Waals surface area contributed by atoms with Gasteiger partial charge >= 0.3 is 0 Å². The van der Waals surface area contributed by atoms with Gasteiger partial charge in [0.1, 0.15) is 17.3 Å². The minimum absolute atomic E-state index is 0.0738. The van der Waals surface area contributed by atoms with Crippen LogP contribution in [0.2, 0.25) is 0 Å². The molecule has 2 aromatic carbocycles. The smallest absolute Gasteiger partial charge is 0.271 e. The molecule has 0 aliphatic rings. The Balaban J connectivity index is 0.00000126. The maximum Gasteiger partial charge on any atom is 0.271 e. The number of carbonyl (C=O) groups is 2. The van der Waals surface area contributed by atoms with Crippen molar-refractivity contribution in [1.82, 2.24) is 9.78 Å². The Hall–Kier alpha value is -3.72. The van der Waals surface area contributed by atoms with Crippen LogP contribution in [0.25, 0.3) is 16.8 Å². The number of aromatic nitrogens is 2. The largest absolute Gasteiger partial charge is 0.508 e. The summed E-state index contributed by atoms with van der Waals surface area (Å²) in [5, 5.41) is 15.7. The zero-order valence-corrected chi connectivity index (χ0v) is 14.4. The number of carbonyl (C=O) groups excluding carboxylic acids is 2. The molecule has 1 aromatic heterocycles. The molecule has 0 spiro atoms. The highest BCUT2D eigenvalue weighted by Crippen LogP contribution is 2.27. The van der Waals surface area contributed by atoms with Crippen LogP contribution in [0, 0.1) is 5.82 Å². The van der Waals surface area contributed by atoms with Gasteiger partial charge in [-0.2, -0.15) is 5.10 Å². The minimum Gasteiger partial charge on any atom is -0.508 e. The summed E-state index contributed by atoms with van der Waals surface area (Å²) in [6.45, 7) is 0. The first-order valence-corrected chi connectivity index (χ1v) is 7.76. The summed E-state index contributed by atoms with van der Waals surface area (Å²) in [4.78, 5) is 22.0. The lowest BCUT2D eigenvalue weighted by molar-refractivity contribution is -0.105. The maximum absolute atomic E-state index is 14.5. The first kappa shape index (κ1) is 19.6. The highest BCUT2D eigenvalue weighted by atomic mass is 19.1. The molecule has 0 saturated carbocycles. The minimum atomic E-state index is -0.847. The first-order valence-electron chi connectivity index (χ1n) is 7.76. The molecule has 1 heterocycles. The van der Waals surface area contributed by atoms with E-state index in [1.807, 2.05) is 0 Å². The van der Waals surface area contributed by atoms with Crippen LogP contribution in [0.15, 0.2) is 48.7 Å². The second-order valence-electron chi connectivity index (χ2n) is 5.18. The number of primary amides is 1. The number of aromatic hydroxyl groups is 1. The highest BCUT2D eigenvalue weighted by molar-refractivity contribution is 5.98. The first-order chi connectivity index (χ1) is 13.0. The van der Waals surface area contributed by atoms with Crippen molar-refractivity contribution in [1.29, 1.82) is 0 Å². The number of phenolic OH excluding ortho intramolecular Hbond substituents is 1. The molecule has 9 heteroatoms. The Kier molecular flexibility index (Phi) is 6.23. The van der Waals surface area contributed by atoms with Gasteiger partial charge in [-0.15, -0.1) is 0 Å². The fraction of sp³-hybridized carbons (Fsp3) is 0.0556. The highest BCUT2D eigenvalue weighted by Gasteiger charge is 2.16. The van der Waals surface area contributed by atoms with Crippen LogP contribution < -0.4 is 16.8 Å². The standard InChI is InChI=1S/C17H13FN4O3.CH5N/c18-13-7-11(10-2-1-3-12(24)6-10)4-5-15(13)22-8-14(20-9-23)16(21-22)17(19)25;1-2/h1-9,24H,(H2,19,25)(H,20,23);2H2,1H3. The lowest BCUT2D eigenvalue weighted by Crippen LogP contribution is -2.14. The summed E-state index contributed by atoms with van der Waals surface area (Å²) in [7, 11) is 1.50. The molecule has 0 aliphatic heterocycles. The fourth-order valence-electron chi connectivity index (χ4n) is 2.41. The van der Waals surface area contributed by atoms with Gasteiger partial charge in [-0.1, -0.05) is 18.2 Å². The van der Waals surface area contributed by atoms with Crippen molar-refractivity contribution in [2.24, 2.45) is 11.5 Å². The molecule has 6 N–H and O–H groups in total. The van der Waals surface area contributed by atoms with Crippen molar-refractivity contribution in [2.75, 3.05) is 12.4 Å². The van der Waals surface area contributed by atoms with Crippen LogP contribution in [-0.4, -0.2) is 34.3 Å². The number of rotatable bonds is 5. The number of nitrogens with one attached hydrogen (secondary N) is 1. The molecular weight excluding hydrogens is 353 g/mol. The quantitative estimate of drug-likeness (QED) is 0.505. The Morgan fingerprint density at radius 1 is 1.22 bits per heavy atom. The number of halogens is 1. The summed E-state index contributed by atoms with van der Waals surface area (Å²) in [5.41, 5.74) is 10.9. The number of phenols is 1. The maximum atomic E-state index is 14.5. The Bertz CT molecular complexity index is 971. The van der Waals surface area contributed by atoms with Gasteiger partial charge in [0, 0.05) is 0 Å². The molecule has 0 atom stereocenters. The van der Waals surface area contributed by atoms with Crippen molar-refractivity contribution in [2.45, 2.75) is 0 Å². The van der Waals surface area contributed by atoms with Crippen LogP contribution in [0.3, 0.4) is 0 Å². The number of hydrogen-bond acceptors (Lipinski definition) is 5. The number of anilines is 1. The topological polar surface area (TPSA) is 136 Å². The van der Waals surface area contributed by atoms with Crippen LogP contribution in [-0.2, 0) is 4.79 Å². The molecule has 140 valence electrons. The Morgan fingerprint density at radius 3 is 2.52 bits per heavy atom. The van der Waals surface area contributed by atoms with E-state index < -0.39 is 11.7 Å². The number of benzene rings is 2. The Labute approximate surface area is 154 Å². The van der Waals surface area contributed by atoms with Gasteiger partial charge < -0.3 is 21.9 Å². The second-order valence-corrected chi connectivity index (χ2v) is 5.18. The van der Waals surface area contributed by atoms with Crippen LogP contribution in [0.5, 0.6) is 5.75 Å². The average Bonchev–Trinajstić information content (AvgIpc) is 3.07. The van der Waals surface area contributed by atoms with Crippen molar-refractivity contribution in [3.63, 3.8) is 0 Å². The number of nitrogens with zero attached hydrogens (tertiary/aromatic N) is 2. The Morgan fingerprint density at radius 2 is 1.93 bits per heavy atom. The average molecular weight is 371 g/mol.